The van der Waals surface area contributed by atoms with E-state index >= 15 is 0 Å². The first-order valence-electron chi connectivity index (χ1n) is 11.7. The van der Waals surface area contributed by atoms with Crippen LogP contribution in [-0.4, -0.2) is 52.9 Å². The summed E-state index contributed by atoms with van der Waals surface area (Å²) in [7, 11) is 0. The molecule has 4 rings (SSSR count). The maximum Gasteiger partial charge on any atom is 0.435 e. The number of rotatable bonds is 7. The lowest BCUT2D eigenvalue weighted by Crippen LogP contribution is -2.43. The van der Waals surface area contributed by atoms with Gasteiger partial charge in [0.1, 0.15) is 18.0 Å². The second-order valence-electron chi connectivity index (χ2n) is 8.90. The molecule has 2 amide bonds. The Morgan fingerprint density at radius 2 is 1.60 bits per heavy atom. The number of carbonyl (C=O) groups is 2. The predicted octanol–water partition coefficient (Wildman–Crippen LogP) is 4.77. The minimum atomic E-state index is -5.54. The van der Waals surface area contributed by atoms with Gasteiger partial charge in [0, 0.05) is 24.5 Å². The van der Waals surface area contributed by atoms with Crippen LogP contribution in [0.2, 0.25) is 0 Å². The van der Waals surface area contributed by atoms with E-state index in [-0.39, 0.29) is 41.6 Å². The Kier molecular flexibility index (Phi) is 7.86. The van der Waals surface area contributed by atoms with E-state index in [9.17, 15) is 53.5 Å². The van der Waals surface area contributed by atoms with Crippen LogP contribution in [0.15, 0.2) is 47.9 Å². The lowest BCUT2D eigenvalue weighted by Gasteiger charge is -2.30. The fourth-order valence-electron chi connectivity index (χ4n) is 4.16. The smallest absolute Gasteiger partial charge is 0.374 e. The highest BCUT2D eigenvalue weighted by molar-refractivity contribution is 6.05. The number of carbonyl (C=O) groups excluding carboxylic acids is 2. The van der Waals surface area contributed by atoms with E-state index < -0.39 is 78.0 Å². The van der Waals surface area contributed by atoms with Crippen LogP contribution in [-0.2, 0) is 27.6 Å². The van der Waals surface area contributed by atoms with Crippen LogP contribution in [0.1, 0.15) is 39.2 Å². The van der Waals surface area contributed by atoms with E-state index in [1.807, 2.05) is 0 Å². The average Bonchev–Trinajstić information content (AvgIpc) is 3.57. The molecule has 0 spiro atoms. The van der Waals surface area contributed by atoms with Gasteiger partial charge in [0.25, 0.3) is 11.5 Å². The van der Waals surface area contributed by atoms with E-state index in [2.05, 4.69) is 25.6 Å². The summed E-state index contributed by atoms with van der Waals surface area (Å²) in [6.45, 7) is -1.66. The number of pyridine rings is 1. The molecular formula is C24H17F10N5O3. The van der Waals surface area contributed by atoms with Gasteiger partial charge in [-0.1, -0.05) is 5.16 Å². The summed E-state index contributed by atoms with van der Waals surface area (Å²) in [6, 6.07) is 1.74. The van der Waals surface area contributed by atoms with E-state index in [1.54, 1.807) is 0 Å². The van der Waals surface area contributed by atoms with Crippen LogP contribution < -0.4 is 10.6 Å². The quantitative estimate of drug-likeness (QED) is 0.376. The van der Waals surface area contributed by atoms with Gasteiger partial charge in [0.2, 0.25) is 5.91 Å². The number of amides is 2. The molecule has 1 aromatic carbocycles. The fourth-order valence-corrected chi connectivity index (χ4v) is 4.16. The standard InChI is InChI=1S/C24H17F10N5O3/c25-3-4-35-18(40)11-37-20(41)15-1-2-17(39-6-5-36-19(15)39)16-10-21(42-38-16,24(32,33)34)12-7-13(22(26,27)28)9-14(8-12)23(29,30)31/h1-2,5-9H,3-4,10-11H2,(H,35,40)(H,37,41). The first-order valence-corrected chi connectivity index (χ1v) is 11.7. The van der Waals surface area contributed by atoms with Crippen molar-refractivity contribution < 1.29 is 58.3 Å². The minimum absolute atomic E-state index is 0.0782. The zero-order valence-electron chi connectivity index (χ0n) is 20.7. The van der Waals surface area contributed by atoms with E-state index in [0.717, 1.165) is 22.7 Å². The van der Waals surface area contributed by atoms with Crippen molar-refractivity contribution in [2.24, 2.45) is 5.16 Å². The molecule has 0 radical (unpaired) electrons. The Morgan fingerprint density at radius 3 is 2.17 bits per heavy atom. The summed E-state index contributed by atoms with van der Waals surface area (Å²) in [5.41, 5.74) is -10.1. The second kappa shape index (κ2) is 10.8. The number of benzene rings is 1. The maximum atomic E-state index is 14.4. The minimum Gasteiger partial charge on any atom is -0.374 e. The highest BCUT2D eigenvalue weighted by Crippen LogP contribution is 2.51. The van der Waals surface area contributed by atoms with Crippen molar-refractivity contribution >= 4 is 23.2 Å². The molecule has 2 aromatic heterocycles. The van der Waals surface area contributed by atoms with Gasteiger partial charge < -0.3 is 15.5 Å². The van der Waals surface area contributed by atoms with Gasteiger partial charge in [-0.3, -0.25) is 14.0 Å². The van der Waals surface area contributed by atoms with Gasteiger partial charge in [-0.05, 0) is 30.3 Å². The molecule has 1 unspecified atom stereocenters. The van der Waals surface area contributed by atoms with Gasteiger partial charge >= 0.3 is 18.5 Å². The predicted molar refractivity (Wildman–Crippen MR) is 123 cm³/mol. The Balaban J connectivity index is 1.71. The Hall–Kier alpha value is -4.38. The number of fused-ring (bicyclic) bond motifs is 1. The number of nitrogens with zero attached hydrogens (tertiary/aromatic N) is 3. The Morgan fingerprint density at radius 1 is 0.952 bits per heavy atom. The summed E-state index contributed by atoms with van der Waals surface area (Å²) < 4.78 is 137. The first kappa shape index (κ1) is 30.6. The highest BCUT2D eigenvalue weighted by Gasteiger charge is 2.63. The number of alkyl halides is 10. The molecule has 0 bridgehead atoms. The number of hydrogen-bond donors (Lipinski definition) is 2. The number of oxime groups is 1. The molecule has 3 aromatic rings. The molecule has 1 aliphatic heterocycles. The monoisotopic (exact) mass is 613 g/mol. The van der Waals surface area contributed by atoms with Crippen molar-refractivity contribution in [3.8, 4) is 0 Å². The van der Waals surface area contributed by atoms with Gasteiger partial charge in [0.05, 0.1) is 35.3 Å². The fraction of sp³-hybridized carbons (Fsp3) is 0.333. The summed E-state index contributed by atoms with van der Waals surface area (Å²) in [4.78, 5) is 32.8. The topological polar surface area (TPSA) is 97.1 Å². The lowest BCUT2D eigenvalue weighted by atomic mass is 9.85. The van der Waals surface area contributed by atoms with Gasteiger partial charge in [-0.25, -0.2) is 9.37 Å². The third-order valence-corrected chi connectivity index (χ3v) is 6.16. The van der Waals surface area contributed by atoms with Crippen LogP contribution >= 0.6 is 0 Å². The van der Waals surface area contributed by atoms with Crippen molar-refractivity contribution in [1.29, 1.82) is 0 Å². The zero-order chi connectivity index (χ0) is 31.1. The molecule has 226 valence electrons. The van der Waals surface area contributed by atoms with E-state index in [1.165, 1.54) is 6.20 Å². The Bertz CT molecular complexity index is 1510. The number of nitrogens with one attached hydrogen (secondary N) is 2. The molecular weight excluding hydrogens is 596 g/mol. The van der Waals surface area contributed by atoms with Crippen LogP contribution in [0.4, 0.5) is 43.9 Å². The maximum absolute atomic E-state index is 14.4. The molecule has 2 N–H and O–H groups in total. The van der Waals surface area contributed by atoms with Gasteiger partial charge in [0.15, 0.2) is 0 Å². The molecule has 3 heterocycles. The number of aromatic nitrogens is 2. The lowest BCUT2D eigenvalue weighted by molar-refractivity contribution is -0.276. The summed E-state index contributed by atoms with van der Waals surface area (Å²) in [6.07, 6.45) is -15.3. The van der Waals surface area contributed by atoms with Gasteiger partial charge in [-0.15, -0.1) is 0 Å². The molecule has 0 fully saturated rings. The second-order valence-corrected chi connectivity index (χ2v) is 8.90. The van der Waals surface area contributed by atoms with Crippen molar-refractivity contribution in [2.45, 2.75) is 30.6 Å². The zero-order valence-corrected chi connectivity index (χ0v) is 20.7. The molecule has 1 aliphatic rings. The normalized spacial score (nSPS) is 17.6. The summed E-state index contributed by atoms with van der Waals surface area (Å²) >= 11 is 0. The molecule has 0 aliphatic carbocycles. The van der Waals surface area contributed by atoms with Gasteiger partial charge in [-0.2, -0.15) is 39.5 Å². The van der Waals surface area contributed by atoms with Crippen molar-refractivity contribution in [3.63, 3.8) is 0 Å². The third-order valence-electron chi connectivity index (χ3n) is 6.16. The molecule has 18 heteroatoms. The van der Waals surface area contributed by atoms with Crippen molar-refractivity contribution in [2.75, 3.05) is 19.8 Å². The molecule has 0 saturated carbocycles. The van der Waals surface area contributed by atoms with Crippen molar-refractivity contribution in [3.05, 3.63) is 70.7 Å². The van der Waals surface area contributed by atoms with Crippen LogP contribution in [0.25, 0.3) is 5.65 Å². The molecule has 42 heavy (non-hydrogen) atoms. The van der Waals surface area contributed by atoms with Crippen LogP contribution in [0.3, 0.4) is 0 Å². The molecule has 0 saturated heterocycles. The van der Waals surface area contributed by atoms with Crippen LogP contribution in [0.5, 0.6) is 0 Å². The SMILES string of the molecule is O=C(CNC(=O)c1ccc(C2=NOC(c3cc(C(F)(F)F)cc(C(F)(F)F)c3)(C(F)(F)F)C2)n2ccnc12)NCCF. The Labute approximate surface area is 228 Å². The first-order chi connectivity index (χ1) is 19.5. The van der Waals surface area contributed by atoms with E-state index in [4.69, 9.17) is 0 Å². The van der Waals surface area contributed by atoms with Crippen LogP contribution in [0, 0.1) is 0 Å². The summed E-state index contributed by atoms with van der Waals surface area (Å²) in [5, 5.41) is 7.81. The van der Waals surface area contributed by atoms with Crippen molar-refractivity contribution in [1.82, 2.24) is 20.0 Å². The number of imidazole rings is 1. The third kappa shape index (κ3) is 5.82. The molecule has 1 atom stereocenters. The number of hydrogen-bond acceptors (Lipinski definition) is 5. The summed E-state index contributed by atoms with van der Waals surface area (Å²) in [5.74, 6) is -1.55. The molecule has 8 nitrogen and oxygen atoms in total. The average molecular weight is 613 g/mol. The highest BCUT2D eigenvalue weighted by atomic mass is 19.4. The largest absolute Gasteiger partial charge is 0.435 e. The number of halogens is 10. The van der Waals surface area contributed by atoms with E-state index in [0.29, 0.717) is 0 Å².